The van der Waals surface area contributed by atoms with Gasteiger partial charge in [0.2, 0.25) is 0 Å². The minimum Gasteiger partial charge on any atom is -0.497 e. The summed E-state index contributed by atoms with van der Waals surface area (Å²) in [4.78, 5) is 36.4. The van der Waals surface area contributed by atoms with Crippen molar-refractivity contribution < 1.29 is 14.3 Å². The lowest BCUT2D eigenvalue weighted by Crippen LogP contribution is -2.60. The van der Waals surface area contributed by atoms with Crippen molar-refractivity contribution in [2.75, 3.05) is 12.0 Å². The highest BCUT2D eigenvalue weighted by Crippen LogP contribution is 2.44. The highest BCUT2D eigenvalue weighted by molar-refractivity contribution is 8.09. The van der Waals surface area contributed by atoms with Gasteiger partial charge >= 0.3 is 6.03 Å². The van der Waals surface area contributed by atoms with Gasteiger partial charge in [-0.3, -0.25) is 14.8 Å². The van der Waals surface area contributed by atoms with E-state index in [-0.39, 0.29) is 5.91 Å². The van der Waals surface area contributed by atoms with Crippen molar-refractivity contribution in [2.24, 2.45) is 0 Å². The van der Waals surface area contributed by atoms with E-state index in [1.165, 1.54) is 18.0 Å². The number of carbonyl (C=O) groups is 2. The molecule has 2 aromatic heterocycles. The Morgan fingerprint density at radius 3 is 2.84 bits per heavy atom. The van der Waals surface area contributed by atoms with Crippen molar-refractivity contribution in [3.8, 4) is 11.8 Å². The Balaban J connectivity index is 1.51. The van der Waals surface area contributed by atoms with Crippen LogP contribution >= 0.6 is 11.8 Å². The quantitative estimate of drug-likeness (QED) is 0.681. The van der Waals surface area contributed by atoms with Gasteiger partial charge in [0.05, 0.1) is 36.7 Å². The molecule has 2 aliphatic heterocycles. The summed E-state index contributed by atoms with van der Waals surface area (Å²) in [6.45, 7) is 0. The normalized spacial score (nSPS) is 20.1. The van der Waals surface area contributed by atoms with Gasteiger partial charge < -0.3 is 10.1 Å². The number of ether oxygens (including phenoxy) is 1. The summed E-state index contributed by atoms with van der Waals surface area (Å²) in [7, 11) is 1.55. The monoisotopic (exact) mass is 429 g/mol. The van der Waals surface area contributed by atoms with Gasteiger partial charge in [-0.25, -0.2) is 9.69 Å². The Hall–Kier alpha value is -3.90. The van der Waals surface area contributed by atoms with Crippen LogP contribution in [0, 0.1) is 11.3 Å². The molecule has 0 bridgehead atoms. The Morgan fingerprint density at radius 2 is 2.03 bits per heavy atom. The number of aromatic nitrogens is 2. The molecule has 3 aromatic rings. The third-order valence-corrected chi connectivity index (χ3v) is 6.62. The van der Waals surface area contributed by atoms with Crippen LogP contribution in [0.1, 0.15) is 11.1 Å². The zero-order valence-corrected chi connectivity index (χ0v) is 17.1. The van der Waals surface area contributed by atoms with Crippen LogP contribution in [0.15, 0.2) is 55.1 Å². The van der Waals surface area contributed by atoms with Crippen LogP contribution < -0.4 is 15.0 Å². The van der Waals surface area contributed by atoms with Crippen molar-refractivity contribution in [2.45, 2.75) is 11.3 Å². The number of thioether (sulfide) groups is 1. The Bertz CT molecular complexity index is 1310. The predicted molar refractivity (Wildman–Crippen MR) is 116 cm³/mol. The van der Waals surface area contributed by atoms with Crippen molar-refractivity contribution in [3.63, 3.8) is 0 Å². The van der Waals surface area contributed by atoms with Crippen molar-refractivity contribution >= 4 is 45.1 Å². The van der Waals surface area contributed by atoms with E-state index >= 15 is 0 Å². The molecule has 0 spiro atoms. The van der Waals surface area contributed by atoms with E-state index < -0.39 is 17.3 Å². The minimum atomic E-state index is -0.553. The van der Waals surface area contributed by atoms with Crippen LogP contribution in [-0.4, -0.2) is 40.3 Å². The van der Waals surface area contributed by atoms with Gasteiger partial charge in [0.1, 0.15) is 11.0 Å². The summed E-state index contributed by atoms with van der Waals surface area (Å²) in [6.07, 6.45) is 8.21. The molecule has 1 saturated heterocycles. The molecule has 2 atom stereocenters. The zero-order chi connectivity index (χ0) is 21.5. The number of rotatable bonds is 3. The SMILES string of the molecule is COc1ccc(C#N)c(C2=CC3NC(=O)N(c4cncc5cnccc45)C(=O)C3S2)c1. The van der Waals surface area contributed by atoms with Gasteiger partial charge in [0.25, 0.3) is 5.91 Å². The second-order valence-corrected chi connectivity index (χ2v) is 8.18. The molecular formula is C22H15N5O3S. The topological polar surface area (TPSA) is 108 Å². The molecule has 0 saturated carbocycles. The van der Waals surface area contributed by atoms with Gasteiger partial charge in [-0.2, -0.15) is 5.26 Å². The first-order valence-electron chi connectivity index (χ1n) is 9.40. The van der Waals surface area contributed by atoms with Crippen LogP contribution in [0.25, 0.3) is 15.7 Å². The minimum absolute atomic E-state index is 0.336. The standard InChI is InChI=1S/C22H15N5O3S/c1-30-14-3-2-12(8-23)16(6-14)19-7-17-20(31-19)21(28)27(22(29)26-17)18-11-25-10-13-9-24-5-4-15(13)18/h2-7,9-11,17,20H,1H3,(H,26,29). The predicted octanol–water partition coefficient (Wildman–Crippen LogP) is 3.09. The highest BCUT2D eigenvalue weighted by atomic mass is 32.2. The van der Waals surface area contributed by atoms with Gasteiger partial charge in [-0.1, -0.05) is 0 Å². The number of hydrogen-bond acceptors (Lipinski definition) is 7. The summed E-state index contributed by atoms with van der Waals surface area (Å²) in [5, 5.41) is 13.3. The van der Waals surface area contributed by atoms with Crippen LogP contribution in [0.5, 0.6) is 5.75 Å². The van der Waals surface area contributed by atoms with Crippen LogP contribution in [0.3, 0.4) is 0 Å². The van der Waals surface area contributed by atoms with E-state index in [0.29, 0.717) is 28.0 Å². The van der Waals surface area contributed by atoms with E-state index in [0.717, 1.165) is 15.2 Å². The summed E-state index contributed by atoms with van der Waals surface area (Å²) < 4.78 is 5.28. The molecule has 0 aliphatic carbocycles. The summed E-state index contributed by atoms with van der Waals surface area (Å²) >= 11 is 1.33. The molecule has 0 radical (unpaired) electrons. The highest BCUT2D eigenvalue weighted by Gasteiger charge is 2.45. The molecule has 2 unspecified atom stereocenters. The molecule has 1 fully saturated rings. The van der Waals surface area contributed by atoms with Gasteiger partial charge in [0, 0.05) is 39.8 Å². The maximum absolute atomic E-state index is 13.4. The van der Waals surface area contributed by atoms with E-state index in [1.807, 2.05) is 6.08 Å². The second kappa shape index (κ2) is 7.41. The number of methoxy groups -OCH3 is 1. The number of hydrogen-bond donors (Lipinski definition) is 1. The van der Waals surface area contributed by atoms with Gasteiger partial charge in [-0.05, 0) is 30.3 Å². The Labute approximate surface area is 181 Å². The summed E-state index contributed by atoms with van der Waals surface area (Å²) in [5.74, 6) is 0.273. The molecule has 3 amide bonds. The number of anilines is 1. The molecule has 152 valence electrons. The lowest BCUT2D eigenvalue weighted by Gasteiger charge is -2.33. The molecule has 8 nitrogen and oxygen atoms in total. The molecule has 2 aliphatic rings. The number of carbonyl (C=O) groups excluding carboxylic acids is 2. The third-order valence-electron chi connectivity index (χ3n) is 5.26. The third kappa shape index (κ3) is 3.08. The Morgan fingerprint density at radius 1 is 1.19 bits per heavy atom. The number of benzene rings is 1. The average molecular weight is 429 g/mol. The molecule has 31 heavy (non-hydrogen) atoms. The number of nitriles is 1. The number of fused-ring (bicyclic) bond motifs is 2. The van der Waals surface area contributed by atoms with E-state index in [9.17, 15) is 14.9 Å². The van der Waals surface area contributed by atoms with Gasteiger partial charge in [0.15, 0.2) is 0 Å². The number of pyridine rings is 2. The fourth-order valence-electron chi connectivity index (χ4n) is 3.77. The number of urea groups is 1. The van der Waals surface area contributed by atoms with E-state index in [2.05, 4.69) is 21.4 Å². The van der Waals surface area contributed by atoms with Crippen molar-refractivity contribution in [1.29, 1.82) is 5.26 Å². The average Bonchev–Trinajstić information content (AvgIpc) is 3.23. The fourth-order valence-corrected chi connectivity index (χ4v) is 5.06. The largest absolute Gasteiger partial charge is 0.497 e. The molecule has 1 aromatic carbocycles. The zero-order valence-electron chi connectivity index (χ0n) is 16.3. The van der Waals surface area contributed by atoms with E-state index in [1.54, 1.807) is 50.0 Å². The van der Waals surface area contributed by atoms with Crippen LogP contribution in [0.2, 0.25) is 0 Å². The lowest BCUT2D eigenvalue weighted by molar-refractivity contribution is -0.118. The van der Waals surface area contributed by atoms with E-state index in [4.69, 9.17) is 4.74 Å². The first-order valence-corrected chi connectivity index (χ1v) is 10.3. The fraction of sp³-hybridized carbons (Fsp3) is 0.136. The lowest BCUT2D eigenvalue weighted by atomic mass is 10.0. The van der Waals surface area contributed by atoms with Gasteiger partial charge in [-0.15, -0.1) is 11.8 Å². The number of imide groups is 1. The van der Waals surface area contributed by atoms with Crippen molar-refractivity contribution in [1.82, 2.24) is 15.3 Å². The molecular weight excluding hydrogens is 414 g/mol. The van der Waals surface area contributed by atoms with Crippen LogP contribution in [-0.2, 0) is 4.79 Å². The maximum Gasteiger partial charge on any atom is 0.329 e. The summed E-state index contributed by atoms with van der Waals surface area (Å²) in [6, 6.07) is 8.10. The van der Waals surface area contributed by atoms with Crippen LogP contribution in [0.4, 0.5) is 10.5 Å². The first kappa shape index (κ1) is 19.1. The maximum atomic E-state index is 13.4. The smallest absolute Gasteiger partial charge is 0.329 e. The summed E-state index contributed by atoms with van der Waals surface area (Å²) in [5.41, 5.74) is 1.56. The number of amides is 3. The molecule has 9 heteroatoms. The van der Waals surface area contributed by atoms with Crippen molar-refractivity contribution in [3.05, 3.63) is 66.3 Å². The first-order chi connectivity index (χ1) is 15.1. The Kier molecular flexibility index (Phi) is 4.56. The molecule has 1 N–H and O–H groups in total. The molecule has 5 rings (SSSR count). The second-order valence-electron chi connectivity index (χ2n) is 7.00. The number of nitrogens with zero attached hydrogens (tertiary/aromatic N) is 4. The molecule has 4 heterocycles. The number of nitrogens with one attached hydrogen (secondary N) is 1.